The molecule has 0 amide bonds. The highest BCUT2D eigenvalue weighted by Crippen LogP contribution is 2.37. The molecule has 2 fully saturated rings. The molecule has 2 rings (SSSR count). The van der Waals surface area contributed by atoms with Crippen molar-refractivity contribution >= 4 is 0 Å². The van der Waals surface area contributed by atoms with Gasteiger partial charge in [0.25, 0.3) is 0 Å². The third-order valence-corrected chi connectivity index (χ3v) is 3.45. The third kappa shape index (κ3) is 1.38. The molecule has 3 atom stereocenters. The van der Waals surface area contributed by atoms with Crippen LogP contribution in [-0.4, -0.2) is 35.2 Å². The van der Waals surface area contributed by atoms with E-state index < -0.39 is 0 Å². The van der Waals surface area contributed by atoms with Gasteiger partial charge in [0.1, 0.15) is 0 Å². The van der Waals surface area contributed by atoms with Gasteiger partial charge in [-0.05, 0) is 38.5 Å². The minimum absolute atomic E-state index is 0.00116. The van der Waals surface area contributed by atoms with E-state index in [2.05, 4.69) is 18.7 Å². The largest absolute Gasteiger partial charge is 0.393 e. The van der Waals surface area contributed by atoms with E-state index in [1.807, 2.05) is 0 Å². The van der Waals surface area contributed by atoms with Crippen LogP contribution in [0.2, 0.25) is 0 Å². The Morgan fingerprint density at radius 2 is 2.00 bits per heavy atom. The minimum atomic E-state index is -0.00116. The lowest BCUT2D eigenvalue weighted by Crippen LogP contribution is -2.41. The lowest BCUT2D eigenvalue weighted by molar-refractivity contribution is 0.0881. The molecular weight excluding hydrogens is 150 g/mol. The summed E-state index contributed by atoms with van der Waals surface area (Å²) in [5, 5.41) is 9.67. The standard InChI is InChI=1S/C10H19NO/c1-7(2)11-5-8-3-9(6-11)10(12)4-8/h7-10,12H,3-6H2,1-2H3/t8-,9-,10+/m1/s1. The van der Waals surface area contributed by atoms with E-state index in [0.29, 0.717) is 12.0 Å². The fourth-order valence-corrected chi connectivity index (χ4v) is 2.69. The molecule has 0 spiro atoms. The second-order valence-electron chi connectivity index (χ2n) is 4.71. The number of hydrogen-bond donors (Lipinski definition) is 1. The van der Waals surface area contributed by atoms with Crippen molar-refractivity contribution in [3.05, 3.63) is 0 Å². The Bertz CT molecular complexity index is 167. The normalized spacial score (nSPS) is 42.5. The molecule has 2 aliphatic rings. The van der Waals surface area contributed by atoms with Gasteiger partial charge in [-0.3, -0.25) is 0 Å². The molecule has 2 nitrogen and oxygen atoms in total. The van der Waals surface area contributed by atoms with Crippen LogP contribution >= 0.6 is 0 Å². The van der Waals surface area contributed by atoms with Crippen LogP contribution in [0.25, 0.3) is 0 Å². The maximum Gasteiger partial charge on any atom is 0.0583 e. The van der Waals surface area contributed by atoms with E-state index in [1.165, 1.54) is 13.0 Å². The fourth-order valence-electron chi connectivity index (χ4n) is 2.69. The van der Waals surface area contributed by atoms with E-state index in [9.17, 15) is 5.11 Å². The zero-order chi connectivity index (χ0) is 8.72. The van der Waals surface area contributed by atoms with Gasteiger partial charge in [-0.15, -0.1) is 0 Å². The van der Waals surface area contributed by atoms with Gasteiger partial charge in [-0.1, -0.05) is 0 Å². The van der Waals surface area contributed by atoms with E-state index >= 15 is 0 Å². The Balaban J connectivity index is 2.01. The summed E-state index contributed by atoms with van der Waals surface area (Å²) in [5.74, 6) is 1.35. The zero-order valence-electron chi connectivity index (χ0n) is 8.03. The summed E-state index contributed by atoms with van der Waals surface area (Å²) in [7, 11) is 0. The maximum atomic E-state index is 9.67. The number of fused-ring (bicyclic) bond motifs is 2. The molecule has 2 heteroatoms. The van der Waals surface area contributed by atoms with Gasteiger partial charge in [0.05, 0.1) is 6.10 Å². The molecule has 2 bridgehead atoms. The monoisotopic (exact) mass is 169 g/mol. The molecular formula is C10H19NO. The van der Waals surface area contributed by atoms with Crippen LogP contribution in [0.1, 0.15) is 26.7 Å². The third-order valence-electron chi connectivity index (χ3n) is 3.45. The van der Waals surface area contributed by atoms with Crippen molar-refractivity contribution in [1.82, 2.24) is 4.90 Å². The first kappa shape index (κ1) is 8.52. The van der Waals surface area contributed by atoms with E-state index in [-0.39, 0.29) is 6.10 Å². The molecule has 70 valence electrons. The summed E-state index contributed by atoms with van der Waals surface area (Å²) in [6, 6.07) is 0.653. The Kier molecular flexibility index (Phi) is 2.13. The Labute approximate surface area is 74.6 Å². The Morgan fingerprint density at radius 1 is 1.25 bits per heavy atom. The number of aliphatic hydroxyl groups excluding tert-OH is 1. The Morgan fingerprint density at radius 3 is 2.58 bits per heavy atom. The second-order valence-corrected chi connectivity index (χ2v) is 4.71. The van der Waals surface area contributed by atoms with Crippen LogP contribution in [0.5, 0.6) is 0 Å². The van der Waals surface area contributed by atoms with E-state index in [0.717, 1.165) is 18.9 Å². The molecule has 0 aromatic heterocycles. The number of piperidine rings is 1. The van der Waals surface area contributed by atoms with Gasteiger partial charge in [-0.2, -0.15) is 0 Å². The highest BCUT2D eigenvalue weighted by molar-refractivity contribution is 4.91. The lowest BCUT2D eigenvalue weighted by atomic mass is 9.97. The number of hydrogen-bond acceptors (Lipinski definition) is 2. The maximum absolute atomic E-state index is 9.67. The predicted molar refractivity (Wildman–Crippen MR) is 48.9 cm³/mol. The quantitative estimate of drug-likeness (QED) is 0.635. The predicted octanol–water partition coefficient (Wildman–Crippen LogP) is 1.10. The molecule has 0 radical (unpaired) electrons. The molecule has 12 heavy (non-hydrogen) atoms. The topological polar surface area (TPSA) is 23.5 Å². The van der Waals surface area contributed by atoms with Crippen molar-refractivity contribution in [2.24, 2.45) is 11.8 Å². The van der Waals surface area contributed by atoms with E-state index in [1.54, 1.807) is 0 Å². The van der Waals surface area contributed by atoms with Crippen molar-refractivity contribution in [1.29, 1.82) is 0 Å². The number of likely N-dealkylation sites (tertiary alicyclic amines) is 1. The van der Waals surface area contributed by atoms with Gasteiger partial charge >= 0.3 is 0 Å². The van der Waals surface area contributed by atoms with Crippen LogP contribution in [0.4, 0.5) is 0 Å². The smallest absolute Gasteiger partial charge is 0.0583 e. The Hall–Kier alpha value is -0.0800. The first-order valence-corrected chi connectivity index (χ1v) is 5.09. The van der Waals surface area contributed by atoms with Crippen molar-refractivity contribution in [3.63, 3.8) is 0 Å². The molecule has 1 heterocycles. The second kappa shape index (κ2) is 3.00. The SMILES string of the molecule is CC(C)N1C[C@@H]2C[C@H](C1)[C@@H](O)C2. The molecule has 1 aliphatic heterocycles. The highest BCUT2D eigenvalue weighted by Gasteiger charge is 2.39. The molecule has 1 aliphatic carbocycles. The highest BCUT2D eigenvalue weighted by atomic mass is 16.3. The first-order chi connectivity index (χ1) is 5.66. The summed E-state index contributed by atoms with van der Waals surface area (Å²) in [6.07, 6.45) is 2.32. The van der Waals surface area contributed by atoms with Gasteiger partial charge in [0.2, 0.25) is 0 Å². The molecule has 1 N–H and O–H groups in total. The van der Waals surface area contributed by atoms with Crippen LogP contribution in [0, 0.1) is 11.8 Å². The van der Waals surface area contributed by atoms with Gasteiger partial charge in [0, 0.05) is 19.1 Å². The molecule has 0 aromatic rings. The van der Waals surface area contributed by atoms with Crippen molar-refractivity contribution < 1.29 is 5.11 Å². The summed E-state index contributed by atoms with van der Waals surface area (Å²) >= 11 is 0. The molecule has 1 saturated heterocycles. The van der Waals surface area contributed by atoms with Crippen LogP contribution in [-0.2, 0) is 0 Å². The van der Waals surface area contributed by atoms with E-state index in [4.69, 9.17) is 0 Å². The molecule has 0 aromatic carbocycles. The first-order valence-electron chi connectivity index (χ1n) is 5.09. The summed E-state index contributed by atoms with van der Waals surface area (Å²) in [4.78, 5) is 2.51. The van der Waals surface area contributed by atoms with Crippen LogP contribution < -0.4 is 0 Å². The van der Waals surface area contributed by atoms with Gasteiger partial charge < -0.3 is 10.0 Å². The van der Waals surface area contributed by atoms with Crippen molar-refractivity contribution in [2.45, 2.75) is 38.8 Å². The molecule has 0 unspecified atom stereocenters. The summed E-state index contributed by atoms with van der Waals surface area (Å²) in [6.45, 7) is 6.83. The minimum Gasteiger partial charge on any atom is -0.393 e. The number of rotatable bonds is 1. The average Bonchev–Trinajstić information content (AvgIpc) is 2.26. The number of aliphatic hydroxyl groups is 1. The average molecular weight is 169 g/mol. The summed E-state index contributed by atoms with van der Waals surface area (Å²) in [5.41, 5.74) is 0. The zero-order valence-corrected chi connectivity index (χ0v) is 8.03. The van der Waals surface area contributed by atoms with Crippen LogP contribution in [0.15, 0.2) is 0 Å². The lowest BCUT2D eigenvalue weighted by Gasteiger charge is -2.34. The van der Waals surface area contributed by atoms with Crippen molar-refractivity contribution in [2.75, 3.05) is 13.1 Å². The fraction of sp³-hybridized carbons (Fsp3) is 1.00. The van der Waals surface area contributed by atoms with Crippen LogP contribution in [0.3, 0.4) is 0 Å². The number of nitrogens with zero attached hydrogens (tertiary/aromatic N) is 1. The van der Waals surface area contributed by atoms with Crippen molar-refractivity contribution in [3.8, 4) is 0 Å². The molecule has 1 saturated carbocycles. The summed E-state index contributed by atoms with van der Waals surface area (Å²) < 4.78 is 0. The van der Waals surface area contributed by atoms with Gasteiger partial charge in [-0.25, -0.2) is 0 Å². The van der Waals surface area contributed by atoms with Gasteiger partial charge in [0.15, 0.2) is 0 Å².